The fourth-order valence-corrected chi connectivity index (χ4v) is 1.48. The lowest BCUT2D eigenvalue weighted by molar-refractivity contribution is 0.107. The van der Waals surface area contributed by atoms with Gasteiger partial charge in [0.25, 0.3) is 5.24 Å². The zero-order chi connectivity index (χ0) is 9.30. The van der Waals surface area contributed by atoms with E-state index in [-0.39, 0.29) is 10.6 Å². The van der Waals surface area contributed by atoms with Crippen LogP contribution in [0.25, 0.3) is 0 Å². The quantitative estimate of drug-likeness (QED) is 0.646. The summed E-state index contributed by atoms with van der Waals surface area (Å²) in [7, 11) is 0. The van der Waals surface area contributed by atoms with E-state index in [1.165, 1.54) is 12.1 Å². The van der Waals surface area contributed by atoms with Crippen molar-refractivity contribution < 1.29 is 9.18 Å². The first kappa shape index (κ1) is 9.49. The van der Waals surface area contributed by atoms with Gasteiger partial charge in [-0.15, -0.1) is 0 Å². The molecule has 0 saturated carbocycles. The van der Waals surface area contributed by atoms with E-state index < -0.39 is 11.1 Å². The molecule has 4 heteroatoms. The Labute approximate surface area is 79.1 Å². The molecule has 0 bridgehead atoms. The van der Waals surface area contributed by atoms with Gasteiger partial charge < -0.3 is 0 Å². The molecule has 64 valence electrons. The third-order valence-corrected chi connectivity index (χ3v) is 1.87. The second-order valence-electron chi connectivity index (χ2n) is 2.38. The summed E-state index contributed by atoms with van der Waals surface area (Å²) >= 11 is 10.7. The van der Waals surface area contributed by atoms with Gasteiger partial charge in [0.1, 0.15) is 5.82 Å². The Kier molecular flexibility index (Phi) is 2.70. The molecule has 0 heterocycles. The molecule has 0 aliphatic carbocycles. The third kappa shape index (κ3) is 1.76. The Bertz CT molecular complexity index is 313. The molecule has 0 unspecified atom stereocenters. The summed E-state index contributed by atoms with van der Waals surface area (Å²) in [6.07, 6.45) is 0. The number of carbonyl (C=O) groups excluding carboxylic acids is 1. The first-order valence-corrected chi connectivity index (χ1v) is 3.93. The van der Waals surface area contributed by atoms with Crippen LogP contribution in [0.3, 0.4) is 0 Å². The van der Waals surface area contributed by atoms with E-state index in [9.17, 15) is 9.18 Å². The fraction of sp³-hybridized carbons (Fsp3) is 0.125. The van der Waals surface area contributed by atoms with Crippen molar-refractivity contribution in [1.29, 1.82) is 0 Å². The Morgan fingerprint density at radius 3 is 2.50 bits per heavy atom. The minimum absolute atomic E-state index is 0.0486. The first-order chi connectivity index (χ1) is 5.52. The van der Waals surface area contributed by atoms with Gasteiger partial charge in [-0.25, -0.2) is 4.39 Å². The van der Waals surface area contributed by atoms with Crippen molar-refractivity contribution in [3.63, 3.8) is 0 Å². The van der Waals surface area contributed by atoms with Crippen LogP contribution in [0.4, 0.5) is 4.39 Å². The molecule has 1 nitrogen and oxygen atoms in total. The fourth-order valence-electron chi connectivity index (χ4n) is 0.888. The summed E-state index contributed by atoms with van der Waals surface area (Å²) in [4.78, 5) is 10.6. The molecule has 0 aromatic heterocycles. The Hall–Kier alpha value is -0.600. The molecule has 0 amide bonds. The molecular weight excluding hydrogens is 202 g/mol. The highest BCUT2D eigenvalue weighted by Crippen LogP contribution is 2.22. The van der Waals surface area contributed by atoms with Gasteiger partial charge in [0.15, 0.2) is 0 Å². The lowest BCUT2D eigenvalue weighted by Gasteiger charge is -2.01. The summed E-state index contributed by atoms with van der Waals surface area (Å²) in [5, 5.41) is -0.829. The maximum absolute atomic E-state index is 13.0. The second-order valence-corrected chi connectivity index (χ2v) is 3.13. The number of hydrogen-bond donors (Lipinski definition) is 0. The summed E-state index contributed by atoms with van der Waals surface area (Å²) in [6.45, 7) is 1.68. The van der Waals surface area contributed by atoms with Crippen molar-refractivity contribution in [2.24, 2.45) is 0 Å². The molecule has 0 fully saturated rings. The predicted molar refractivity (Wildman–Crippen MR) is 46.3 cm³/mol. The van der Waals surface area contributed by atoms with E-state index in [0.29, 0.717) is 5.56 Å². The van der Waals surface area contributed by atoms with Crippen molar-refractivity contribution >= 4 is 28.4 Å². The summed E-state index contributed by atoms with van der Waals surface area (Å²) < 4.78 is 13.0. The highest BCUT2D eigenvalue weighted by molar-refractivity contribution is 6.68. The van der Waals surface area contributed by atoms with Crippen LogP contribution >= 0.6 is 23.2 Å². The van der Waals surface area contributed by atoms with Crippen molar-refractivity contribution in [3.05, 3.63) is 34.1 Å². The van der Waals surface area contributed by atoms with Crippen molar-refractivity contribution in [2.45, 2.75) is 6.92 Å². The van der Waals surface area contributed by atoms with Gasteiger partial charge in [-0.1, -0.05) is 11.6 Å². The number of rotatable bonds is 1. The minimum Gasteiger partial charge on any atom is -0.275 e. The highest BCUT2D eigenvalue weighted by Gasteiger charge is 2.13. The van der Waals surface area contributed by atoms with Crippen molar-refractivity contribution in [1.82, 2.24) is 0 Å². The van der Waals surface area contributed by atoms with E-state index in [1.54, 1.807) is 6.92 Å². The van der Waals surface area contributed by atoms with Gasteiger partial charge in [-0.05, 0) is 36.2 Å². The molecular formula is C8H5Cl2FO. The van der Waals surface area contributed by atoms with Gasteiger partial charge >= 0.3 is 0 Å². The maximum Gasteiger partial charge on any atom is 0.256 e. The summed E-state index contributed by atoms with van der Waals surface area (Å²) in [6, 6.07) is 2.70. The average molecular weight is 207 g/mol. The van der Waals surface area contributed by atoms with Crippen LogP contribution in [0.5, 0.6) is 0 Å². The van der Waals surface area contributed by atoms with Crippen LogP contribution in [0.2, 0.25) is 5.02 Å². The highest BCUT2D eigenvalue weighted by atomic mass is 35.5. The van der Waals surface area contributed by atoms with Gasteiger partial charge in [0.2, 0.25) is 0 Å². The number of carbonyl (C=O) groups is 1. The molecule has 1 rings (SSSR count). The van der Waals surface area contributed by atoms with E-state index in [1.807, 2.05) is 0 Å². The van der Waals surface area contributed by atoms with Crippen LogP contribution in [0, 0.1) is 12.7 Å². The number of halogens is 3. The normalized spacial score (nSPS) is 10.0. The molecule has 0 N–H and O–H groups in total. The van der Waals surface area contributed by atoms with Crippen LogP contribution in [-0.4, -0.2) is 5.24 Å². The summed E-state index contributed by atoms with van der Waals surface area (Å²) in [5.41, 5.74) is 0.392. The maximum atomic E-state index is 13.0. The molecule has 1 aromatic carbocycles. The van der Waals surface area contributed by atoms with Crippen LogP contribution in [0.1, 0.15) is 15.9 Å². The Morgan fingerprint density at radius 1 is 1.50 bits per heavy atom. The van der Waals surface area contributed by atoms with E-state index in [4.69, 9.17) is 23.2 Å². The lowest BCUT2D eigenvalue weighted by atomic mass is 10.1. The van der Waals surface area contributed by atoms with Crippen LogP contribution < -0.4 is 0 Å². The molecule has 0 spiro atoms. The third-order valence-electron chi connectivity index (χ3n) is 1.38. The zero-order valence-corrected chi connectivity index (χ0v) is 7.71. The molecule has 12 heavy (non-hydrogen) atoms. The smallest absolute Gasteiger partial charge is 0.256 e. The monoisotopic (exact) mass is 206 g/mol. The lowest BCUT2D eigenvalue weighted by Crippen LogP contribution is -1.96. The molecule has 0 radical (unpaired) electrons. The Balaban J connectivity index is 3.38. The largest absolute Gasteiger partial charge is 0.275 e. The standard InChI is InChI=1S/C8H5Cl2FO/c1-4-2-5(9)7(8(10)12)6(11)3-4/h2-3H,1H3. The zero-order valence-electron chi connectivity index (χ0n) is 6.20. The van der Waals surface area contributed by atoms with E-state index in [2.05, 4.69) is 0 Å². The van der Waals surface area contributed by atoms with Crippen LogP contribution in [-0.2, 0) is 0 Å². The topological polar surface area (TPSA) is 17.1 Å². The number of hydrogen-bond acceptors (Lipinski definition) is 1. The molecule has 0 aliphatic heterocycles. The minimum atomic E-state index is -0.877. The molecule has 0 atom stereocenters. The van der Waals surface area contributed by atoms with Gasteiger partial charge in [0.05, 0.1) is 10.6 Å². The van der Waals surface area contributed by atoms with Crippen molar-refractivity contribution in [3.8, 4) is 0 Å². The van der Waals surface area contributed by atoms with Gasteiger partial charge in [-0.3, -0.25) is 4.79 Å². The van der Waals surface area contributed by atoms with Crippen molar-refractivity contribution in [2.75, 3.05) is 0 Å². The van der Waals surface area contributed by atoms with Crippen LogP contribution in [0.15, 0.2) is 12.1 Å². The first-order valence-electron chi connectivity index (χ1n) is 3.18. The summed E-state index contributed by atoms with van der Waals surface area (Å²) in [5.74, 6) is -0.681. The second kappa shape index (κ2) is 3.42. The molecule has 0 aliphatic rings. The molecule has 1 aromatic rings. The number of aryl methyl sites for hydroxylation is 1. The van der Waals surface area contributed by atoms with Gasteiger partial charge in [-0.2, -0.15) is 0 Å². The van der Waals surface area contributed by atoms with E-state index >= 15 is 0 Å². The average Bonchev–Trinajstić information content (AvgIpc) is 1.82. The molecule has 0 saturated heterocycles. The van der Waals surface area contributed by atoms with E-state index in [0.717, 1.165) is 0 Å². The number of benzene rings is 1. The predicted octanol–water partition coefficient (Wildman–Crippen LogP) is 3.17. The SMILES string of the molecule is Cc1cc(F)c(C(=O)Cl)c(Cl)c1. The Morgan fingerprint density at radius 2 is 2.08 bits per heavy atom. The van der Waals surface area contributed by atoms with Gasteiger partial charge in [0, 0.05) is 0 Å².